The Morgan fingerprint density at radius 1 is 1.05 bits per heavy atom. The molecule has 1 N–H and O–H groups in total. The van der Waals surface area contributed by atoms with Gasteiger partial charge in [0.25, 0.3) is 0 Å². The van der Waals surface area contributed by atoms with E-state index in [2.05, 4.69) is 5.32 Å². The minimum absolute atomic E-state index is 0.0788. The molecule has 1 aliphatic heterocycles. The van der Waals surface area contributed by atoms with E-state index >= 15 is 0 Å². The molecule has 0 aromatic heterocycles. The van der Waals surface area contributed by atoms with Crippen molar-refractivity contribution in [2.75, 3.05) is 12.1 Å². The monoisotopic (exact) mass is 337 g/mol. The highest BCUT2D eigenvalue weighted by Gasteiger charge is 2.14. The summed E-state index contributed by atoms with van der Waals surface area (Å²) >= 11 is 11.8. The lowest BCUT2D eigenvalue weighted by atomic mass is 10.1. The number of carbonyl (C=O) groups excluding carboxylic acids is 1. The summed E-state index contributed by atoms with van der Waals surface area (Å²) in [6.45, 7) is 0.212. The SMILES string of the molecule is O=C(CCc1ccc(Cl)c(Cl)c1)Nc1ccc2c(c1)OCO2. The van der Waals surface area contributed by atoms with E-state index in [9.17, 15) is 4.79 Å². The molecule has 0 aliphatic carbocycles. The Labute approximate surface area is 137 Å². The molecular formula is C16H13Cl2NO3. The fourth-order valence-electron chi connectivity index (χ4n) is 2.15. The number of halogens is 2. The minimum Gasteiger partial charge on any atom is -0.454 e. The molecule has 0 spiro atoms. The number of nitrogens with one attached hydrogen (secondary N) is 1. The summed E-state index contributed by atoms with van der Waals surface area (Å²) in [4.78, 5) is 12.0. The first kappa shape index (κ1) is 15.0. The van der Waals surface area contributed by atoms with Crippen molar-refractivity contribution in [3.63, 3.8) is 0 Å². The molecule has 0 saturated heterocycles. The van der Waals surface area contributed by atoms with Gasteiger partial charge in [-0.2, -0.15) is 0 Å². The zero-order chi connectivity index (χ0) is 15.5. The summed E-state index contributed by atoms with van der Waals surface area (Å²) in [5.41, 5.74) is 1.65. The zero-order valence-corrected chi connectivity index (χ0v) is 13.1. The number of benzene rings is 2. The summed E-state index contributed by atoms with van der Waals surface area (Å²) in [6, 6.07) is 10.7. The average molecular weight is 338 g/mol. The number of carbonyl (C=O) groups is 1. The van der Waals surface area contributed by atoms with Crippen LogP contribution in [0.5, 0.6) is 11.5 Å². The number of ether oxygens (including phenoxy) is 2. The smallest absolute Gasteiger partial charge is 0.231 e. The Bertz CT molecular complexity index is 719. The maximum Gasteiger partial charge on any atom is 0.231 e. The van der Waals surface area contributed by atoms with Gasteiger partial charge in [0.1, 0.15) is 0 Å². The fraction of sp³-hybridized carbons (Fsp3) is 0.188. The number of aryl methyl sites for hydroxylation is 1. The Balaban J connectivity index is 1.57. The van der Waals surface area contributed by atoms with Crippen LogP contribution in [0.3, 0.4) is 0 Å². The molecule has 114 valence electrons. The molecule has 22 heavy (non-hydrogen) atoms. The third-order valence-corrected chi connectivity index (χ3v) is 4.02. The summed E-state index contributed by atoms with van der Waals surface area (Å²) in [5, 5.41) is 3.84. The van der Waals surface area contributed by atoms with Gasteiger partial charge in [0.2, 0.25) is 12.7 Å². The van der Waals surface area contributed by atoms with Gasteiger partial charge in [0.15, 0.2) is 11.5 Å². The topological polar surface area (TPSA) is 47.6 Å². The van der Waals surface area contributed by atoms with E-state index in [4.69, 9.17) is 32.7 Å². The molecule has 6 heteroatoms. The van der Waals surface area contributed by atoms with Crippen molar-refractivity contribution in [2.45, 2.75) is 12.8 Å². The molecular weight excluding hydrogens is 325 g/mol. The summed E-state index contributed by atoms with van der Waals surface area (Å²) in [5.74, 6) is 1.25. The van der Waals surface area contributed by atoms with Gasteiger partial charge in [-0.15, -0.1) is 0 Å². The van der Waals surface area contributed by atoms with Gasteiger partial charge in [-0.05, 0) is 36.2 Å². The Kier molecular flexibility index (Phi) is 4.41. The first-order valence-electron chi connectivity index (χ1n) is 6.75. The van der Waals surface area contributed by atoms with E-state index in [0.717, 1.165) is 5.56 Å². The van der Waals surface area contributed by atoms with Crippen LogP contribution in [-0.4, -0.2) is 12.7 Å². The third-order valence-electron chi connectivity index (χ3n) is 3.28. The minimum atomic E-state index is -0.0788. The Hall–Kier alpha value is -1.91. The van der Waals surface area contributed by atoms with Crippen molar-refractivity contribution in [3.8, 4) is 11.5 Å². The van der Waals surface area contributed by atoms with E-state index in [-0.39, 0.29) is 12.7 Å². The van der Waals surface area contributed by atoms with Crippen LogP contribution in [0.25, 0.3) is 0 Å². The second kappa shape index (κ2) is 6.46. The number of hydrogen-bond acceptors (Lipinski definition) is 3. The molecule has 0 atom stereocenters. The first-order chi connectivity index (χ1) is 10.6. The van der Waals surface area contributed by atoms with Gasteiger partial charge in [0.05, 0.1) is 10.0 Å². The number of anilines is 1. The largest absolute Gasteiger partial charge is 0.454 e. The predicted octanol–water partition coefficient (Wildman–Crippen LogP) is 4.29. The van der Waals surface area contributed by atoms with Crippen molar-refractivity contribution in [1.29, 1.82) is 0 Å². The molecule has 0 radical (unpaired) electrons. The number of hydrogen-bond donors (Lipinski definition) is 1. The van der Waals surface area contributed by atoms with Gasteiger partial charge < -0.3 is 14.8 Å². The van der Waals surface area contributed by atoms with Crippen LogP contribution in [0.1, 0.15) is 12.0 Å². The van der Waals surface area contributed by atoms with Gasteiger partial charge in [-0.1, -0.05) is 29.3 Å². The normalized spacial score (nSPS) is 12.3. The van der Waals surface area contributed by atoms with Crippen molar-refractivity contribution in [2.24, 2.45) is 0 Å². The lowest BCUT2D eigenvalue weighted by Gasteiger charge is -2.07. The van der Waals surface area contributed by atoms with Crippen molar-refractivity contribution in [1.82, 2.24) is 0 Å². The third kappa shape index (κ3) is 3.46. The van der Waals surface area contributed by atoms with E-state index in [0.29, 0.717) is 40.1 Å². The summed E-state index contributed by atoms with van der Waals surface area (Å²) in [6.07, 6.45) is 0.944. The van der Waals surface area contributed by atoms with E-state index in [1.54, 1.807) is 30.3 Å². The Morgan fingerprint density at radius 3 is 2.68 bits per heavy atom. The zero-order valence-electron chi connectivity index (χ0n) is 11.6. The highest BCUT2D eigenvalue weighted by molar-refractivity contribution is 6.42. The van der Waals surface area contributed by atoms with Gasteiger partial charge in [-0.3, -0.25) is 4.79 Å². The maximum absolute atomic E-state index is 12.0. The lowest BCUT2D eigenvalue weighted by Crippen LogP contribution is -2.12. The van der Waals surface area contributed by atoms with Crippen molar-refractivity contribution in [3.05, 3.63) is 52.0 Å². The van der Waals surface area contributed by atoms with Gasteiger partial charge >= 0.3 is 0 Å². The quantitative estimate of drug-likeness (QED) is 0.904. The highest BCUT2D eigenvalue weighted by atomic mass is 35.5. The van der Waals surface area contributed by atoms with Crippen molar-refractivity contribution >= 4 is 34.8 Å². The molecule has 2 aromatic rings. The Morgan fingerprint density at radius 2 is 1.86 bits per heavy atom. The fourth-order valence-corrected chi connectivity index (χ4v) is 2.47. The second-order valence-corrected chi connectivity index (χ2v) is 5.68. The molecule has 0 unspecified atom stereocenters. The molecule has 1 heterocycles. The van der Waals surface area contributed by atoms with E-state index in [1.807, 2.05) is 6.07 Å². The first-order valence-corrected chi connectivity index (χ1v) is 7.51. The summed E-state index contributed by atoms with van der Waals surface area (Å²) in [7, 11) is 0. The molecule has 0 bridgehead atoms. The van der Waals surface area contributed by atoms with Crippen LogP contribution >= 0.6 is 23.2 Å². The molecule has 1 aliphatic rings. The molecule has 3 rings (SSSR count). The number of amides is 1. The number of fused-ring (bicyclic) bond motifs is 1. The highest BCUT2D eigenvalue weighted by Crippen LogP contribution is 2.34. The average Bonchev–Trinajstić information content (AvgIpc) is 2.96. The molecule has 0 saturated carbocycles. The standard InChI is InChI=1S/C16H13Cl2NO3/c17-12-4-1-10(7-13(12)18)2-6-16(20)19-11-3-5-14-15(8-11)22-9-21-14/h1,3-5,7-8H,2,6,9H2,(H,19,20). The van der Waals surface area contributed by atoms with Crippen LogP contribution in [0.2, 0.25) is 10.0 Å². The van der Waals surface area contributed by atoms with E-state index < -0.39 is 0 Å². The van der Waals surface area contributed by atoms with Crippen LogP contribution in [-0.2, 0) is 11.2 Å². The van der Waals surface area contributed by atoms with Gasteiger partial charge in [0, 0.05) is 18.2 Å². The second-order valence-electron chi connectivity index (χ2n) is 4.86. The van der Waals surface area contributed by atoms with Crippen LogP contribution in [0, 0.1) is 0 Å². The predicted molar refractivity (Wildman–Crippen MR) is 86.0 cm³/mol. The van der Waals surface area contributed by atoms with Crippen LogP contribution < -0.4 is 14.8 Å². The van der Waals surface area contributed by atoms with Gasteiger partial charge in [-0.25, -0.2) is 0 Å². The maximum atomic E-state index is 12.0. The van der Waals surface area contributed by atoms with Crippen LogP contribution in [0.4, 0.5) is 5.69 Å². The molecule has 0 fully saturated rings. The molecule has 1 amide bonds. The molecule has 4 nitrogen and oxygen atoms in total. The number of rotatable bonds is 4. The van der Waals surface area contributed by atoms with E-state index in [1.165, 1.54) is 0 Å². The summed E-state index contributed by atoms with van der Waals surface area (Å²) < 4.78 is 10.5. The van der Waals surface area contributed by atoms with Crippen molar-refractivity contribution < 1.29 is 14.3 Å². The molecule has 2 aromatic carbocycles. The lowest BCUT2D eigenvalue weighted by molar-refractivity contribution is -0.116. The van der Waals surface area contributed by atoms with Crippen LogP contribution in [0.15, 0.2) is 36.4 Å².